The minimum atomic E-state index is -0.726. The van der Waals surface area contributed by atoms with Crippen molar-refractivity contribution in [1.29, 1.82) is 0 Å². The van der Waals surface area contributed by atoms with Gasteiger partial charge in [-0.1, -0.05) is 0 Å². The summed E-state index contributed by atoms with van der Waals surface area (Å²) in [5.41, 5.74) is -0.111. The average Bonchev–Trinajstić information content (AvgIpc) is 3.63. The lowest BCUT2D eigenvalue weighted by molar-refractivity contribution is -0.125. The van der Waals surface area contributed by atoms with Crippen LogP contribution in [0, 0.1) is 0 Å². The zero-order valence-electron chi connectivity index (χ0n) is 18.7. The monoisotopic (exact) mass is 465 g/mol. The first kappa shape index (κ1) is 21.5. The molecule has 1 fully saturated rings. The summed E-state index contributed by atoms with van der Waals surface area (Å²) in [5, 5.41) is 8.86. The molecule has 34 heavy (non-hydrogen) atoms. The van der Waals surface area contributed by atoms with Gasteiger partial charge in [-0.3, -0.25) is 9.79 Å². The van der Waals surface area contributed by atoms with Gasteiger partial charge < -0.3 is 34.9 Å². The highest BCUT2D eigenvalue weighted by molar-refractivity contribution is 6.08. The molecule has 5 rings (SSSR count). The van der Waals surface area contributed by atoms with E-state index in [1.807, 2.05) is 0 Å². The van der Waals surface area contributed by atoms with Gasteiger partial charge in [-0.05, 0) is 18.9 Å². The first-order chi connectivity index (χ1) is 16.5. The summed E-state index contributed by atoms with van der Waals surface area (Å²) < 4.78 is 22.5. The highest BCUT2D eigenvalue weighted by Gasteiger charge is 2.55. The number of benzene rings is 1. The van der Waals surface area contributed by atoms with E-state index in [0.29, 0.717) is 66.4 Å². The quantitative estimate of drug-likeness (QED) is 0.463. The topological polar surface area (TPSA) is 140 Å². The summed E-state index contributed by atoms with van der Waals surface area (Å²) in [6.45, 7) is 4.47. The molecule has 1 spiro atoms. The molecule has 3 heterocycles. The zero-order chi connectivity index (χ0) is 23.7. The number of aliphatic imine (C=N–C) groups is 3. The molecule has 0 saturated heterocycles. The number of methoxy groups -OCH3 is 1. The third kappa shape index (κ3) is 4.05. The van der Waals surface area contributed by atoms with Crippen LogP contribution in [0.5, 0.6) is 23.0 Å². The van der Waals surface area contributed by atoms with Crippen molar-refractivity contribution in [3.8, 4) is 23.0 Å². The first-order valence-electron chi connectivity index (χ1n) is 10.6. The second-order valence-corrected chi connectivity index (χ2v) is 7.69. The van der Waals surface area contributed by atoms with Crippen molar-refractivity contribution in [1.82, 2.24) is 4.98 Å². The molecule has 12 nitrogen and oxygen atoms in total. The summed E-state index contributed by atoms with van der Waals surface area (Å²) in [4.78, 5) is 29.1. The third-order valence-corrected chi connectivity index (χ3v) is 5.41. The highest BCUT2D eigenvalue weighted by Crippen LogP contribution is 2.46. The Morgan fingerprint density at radius 2 is 2.00 bits per heavy atom. The highest BCUT2D eigenvalue weighted by atomic mass is 16.6. The molecule has 1 aromatic heterocycles. The Kier molecular flexibility index (Phi) is 5.40. The molecule has 1 amide bonds. The number of amides is 1. The van der Waals surface area contributed by atoms with E-state index in [-0.39, 0.29) is 17.8 Å². The number of nitrogens with one attached hydrogen (secondary N) is 3. The molecule has 0 bridgehead atoms. The lowest BCUT2D eigenvalue weighted by atomic mass is 10.2. The summed E-state index contributed by atoms with van der Waals surface area (Å²) in [6.07, 6.45) is 1.42. The van der Waals surface area contributed by atoms with Gasteiger partial charge in [0.05, 0.1) is 7.11 Å². The molecule has 12 heteroatoms. The van der Waals surface area contributed by atoms with Gasteiger partial charge in [0.15, 0.2) is 28.7 Å². The van der Waals surface area contributed by atoms with Gasteiger partial charge >= 0.3 is 0 Å². The van der Waals surface area contributed by atoms with Gasteiger partial charge in [-0.25, -0.2) is 9.98 Å². The van der Waals surface area contributed by atoms with Crippen molar-refractivity contribution < 1.29 is 23.7 Å². The third-order valence-electron chi connectivity index (χ3n) is 5.41. The number of fused-ring (bicyclic) bond motifs is 2. The van der Waals surface area contributed by atoms with E-state index < -0.39 is 5.60 Å². The molecule has 2 aromatic rings. The molecule has 3 N–H and O–H groups in total. The van der Waals surface area contributed by atoms with Crippen molar-refractivity contribution in [2.45, 2.75) is 18.4 Å². The normalized spacial score (nSPS) is 17.8. The van der Waals surface area contributed by atoms with Crippen molar-refractivity contribution in [3.63, 3.8) is 0 Å². The Balaban J connectivity index is 1.33. The number of nitrogens with zero attached hydrogens (tertiary/aromatic N) is 4. The number of rotatable bonds is 3. The predicted octanol–water partition coefficient (Wildman–Crippen LogP) is 2.29. The van der Waals surface area contributed by atoms with E-state index in [2.05, 4.69) is 42.6 Å². The van der Waals surface area contributed by atoms with Crippen LogP contribution < -0.4 is 34.9 Å². The van der Waals surface area contributed by atoms with E-state index in [9.17, 15) is 4.79 Å². The number of anilines is 3. The van der Waals surface area contributed by atoms with Gasteiger partial charge in [0.2, 0.25) is 17.7 Å². The second-order valence-electron chi connectivity index (χ2n) is 7.69. The number of hydrogen-bond donors (Lipinski definition) is 3. The van der Waals surface area contributed by atoms with Gasteiger partial charge in [-0.15, -0.1) is 0 Å². The van der Waals surface area contributed by atoms with Crippen LogP contribution in [0.2, 0.25) is 0 Å². The van der Waals surface area contributed by atoms with Gasteiger partial charge in [0.1, 0.15) is 19.0 Å². The fraction of sp³-hybridized carbons (Fsp3) is 0.318. The molecule has 2 aliphatic heterocycles. The van der Waals surface area contributed by atoms with Gasteiger partial charge in [-0.2, -0.15) is 4.99 Å². The number of pyridine rings is 1. The molecule has 1 aliphatic carbocycles. The number of carbonyl (C=O) groups is 1. The summed E-state index contributed by atoms with van der Waals surface area (Å²) in [5.74, 6) is 3.12. The molecule has 3 aliphatic rings. The van der Waals surface area contributed by atoms with Crippen molar-refractivity contribution in [3.05, 3.63) is 24.3 Å². The van der Waals surface area contributed by atoms with Crippen LogP contribution in [0.1, 0.15) is 12.8 Å². The molecule has 1 aromatic carbocycles. The fourth-order valence-electron chi connectivity index (χ4n) is 3.53. The van der Waals surface area contributed by atoms with Crippen molar-refractivity contribution in [2.24, 2.45) is 15.0 Å². The Bertz CT molecular complexity index is 1210. The van der Waals surface area contributed by atoms with Crippen LogP contribution in [0.3, 0.4) is 0 Å². The van der Waals surface area contributed by atoms with Crippen LogP contribution in [-0.4, -0.2) is 62.5 Å². The Morgan fingerprint density at radius 1 is 1.18 bits per heavy atom. The minimum Gasteiger partial charge on any atom is -0.493 e. The lowest BCUT2D eigenvalue weighted by Crippen LogP contribution is -2.39. The van der Waals surface area contributed by atoms with E-state index in [0.717, 1.165) is 0 Å². The molecule has 0 radical (unpaired) electrons. The van der Waals surface area contributed by atoms with E-state index in [1.165, 1.54) is 0 Å². The summed E-state index contributed by atoms with van der Waals surface area (Å²) in [7, 11) is 3.12. The van der Waals surface area contributed by atoms with E-state index in [1.54, 1.807) is 38.4 Å². The van der Waals surface area contributed by atoms with E-state index >= 15 is 0 Å². The summed E-state index contributed by atoms with van der Waals surface area (Å²) in [6, 6.07) is 6.96. The smallest absolute Gasteiger partial charge is 0.269 e. The maximum absolute atomic E-state index is 12.2. The Hall–Kier alpha value is -4.35. The minimum absolute atomic E-state index is 0.177. The van der Waals surface area contributed by atoms with Crippen LogP contribution in [0.4, 0.5) is 17.3 Å². The number of ether oxygens (including phenoxy) is 4. The molecule has 0 atom stereocenters. The van der Waals surface area contributed by atoms with Crippen LogP contribution in [-0.2, 0) is 4.79 Å². The number of aromatic nitrogens is 1. The number of hydrogen-bond acceptors (Lipinski definition) is 7. The van der Waals surface area contributed by atoms with Crippen LogP contribution >= 0.6 is 0 Å². The summed E-state index contributed by atoms with van der Waals surface area (Å²) >= 11 is 0. The standard InChI is InChI=1S/C22H23N7O5/c1-23-20(25-12-10-14(31-3)17-15(11-12)32-8-9-33-17)29-21(24-2)27-16-5-4-13-18(26-16)28-19(30)22(34-13)6-7-22/h4-5,10-11H,1,6-9H2,2-3H3,(H3,24,25,26,27,28,29,30). The largest absolute Gasteiger partial charge is 0.493 e. The number of guanidine groups is 2. The van der Waals surface area contributed by atoms with E-state index in [4.69, 9.17) is 18.9 Å². The Morgan fingerprint density at radius 3 is 2.74 bits per heavy atom. The maximum atomic E-state index is 12.2. The SMILES string of the molecule is C=NC(=NC(=NC)Nc1ccc2c(n1)NC(=O)C1(CC1)O2)Nc1cc(OC)c2c(c1)OCCO2. The molecular weight excluding hydrogens is 442 g/mol. The maximum Gasteiger partial charge on any atom is 0.269 e. The Labute approximate surface area is 195 Å². The van der Waals surface area contributed by atoms with Crippen molar-refractivity contribution >= 4 is 41.9 Å². The van der Waals surface area contributed by atoms with Crippen LogP contribution in [0.25, 0.3) is 0 Å². The lowest BCUT2D eigenvalue weighted by Gasteiger charge is -2.25. The first-order valence-corrected chi connectivity index (χ1v) is 10.6. The van der Waals surface area contributed by atoms with Gasteiger partial charge in [0, 0.05) is 37.7 Å². The average molecular weight is 465 g/mol. The molecule has 1 saturated carbocycles. The van der Waals surface area contributed by atoms with Gasteiger partial charge in [0.25, 0.3) is 5.91 Å². The van der Waals surface area contributed by atoms with Crippen molar-refractivity contribution in [2.75, 3.05) is 43.3 Å². The predicted molar refractivity (Wildman–Crippen MR) is 127 cm³/mol. The second kappa shape index (κ2) is 8.54. The molecular formula is C22H23N7O5. The molecule has 0 unspecified atom stereocenters. The van der Waals surface area contributed by atoms with Crippen LogP contribution in [0.15, 0.2) is 39.2 Å². The fourth-order valence-corrected chi connectivity index (χ4v) is 3.53. The number of carbonyl (C=O) groups excluding carboxylic acids is 1. The zero-order valence-corrected chi connectivity index (χ0v) is 18.7. The molecule has 176 valence electrons.